The fraction of sp³-hybridized carbons (Fsp3) is 0.429. The fourth-order valence-corrected chi connectivity index (χ4v) is 3.99. The number of aromatic nitrogens is 4. The molecule has 4 rings (SSSR count). The number of hydrogen-bond acceptors (Lipinski definition) is 7. The first-order chi connectivity index (χ1) is 16.2. The molecule has 13 heteroatoms. The second-order valence-corrected chi connectivity index (χ2v) is 7.87. The van der Waals surface area contributed by atoms with Crippen LogP contribution < -0.4 is 9.64 Å². The van der Waals surface area contributed by atoms with Crippen molar-refractivity contribution in [2.75, 3.05) is 38.9 Å². The number of ether oxygens (including phenoxy) is 2. The van der Waals surface area contributed by atoms with E-state index in [1.165, 1.54) is 28.8 Å². The van der Waals surface area contributed by atoms with Gasteiger partial charge >= 0.3 is 12.3 Å². The van der Waals surface area contributed by atoms with Gasteiger partial charge in [0.2, 0.25) is 5.95 Å². The lowest BCUT2D eigenvalue weighted by Gasteiger charge is -2.36. The van der Waals surface area contributed by atoms with E-state index in [-0.39, 0.29) is 24.3 Å². The van der Waals surface area contributed by atoms with E-state index in [2.05, 4.69) is 15.3 Å². The number of anilines is 1. The van der Waals surface area contributed by atoms with Gasteiger partial charge in [0, 0.05) is 38.9 Å². The lowest BCUT2D eigenvalue weighted by molar-refractivity contribution is -0.137. The zero-order chi connectivity index (χ0) is 24.5. The lowest BCUT2D eigenvalue weighted by Crippen LogP contribution is -2.49. The molecule has 0 radical (unpaired) electrons. The summed E-state index contributed by atoms with van der Waals surface area (Å²) < 4.78 is 51.6. The Labute approximate surface area is 192 Å². The largest absolute Gasteiger partial charge is 0.467 e. The molecule has 3 heterocycles. The van der Waals surface area contributed by atoms with Gasteiger partial charge in [-0.15, -0.1) is 10.2 Å². The van der Waals surface area contributed by atoms with E-state index in [1.807, 2.05) is 4.90 Å². The number of likely N-dealkylation sites (N-methyl/N-ethyl adjacent to an activating group) is 1. The van der Waals surface area contributed by atoms with Gasteiger partial charge in [0.05, 0.1) is 17.3 Å². The summed E-state index contributed by atoms with van der Waals surface area (Å²) in [4.78, 5) is 14.6. The molecule has 1 aliphatic heterocycles. The molecule has 2 aromatic heterocycles. The van der Waals surface area contributed by atoms with Crippen LogP contribution >= 0.6 is 0 Å². The number of piperidine rings is 1. The van der Waals surface area contributed by atoms with Crippen LogP contribution in [0.2, 0.25) is 0 Å². The first kappa shape index (κ1) is 23.5. The van der Waals surface area contributed by atoms with E-state index >= 15 is 0 Å². The number of carbonyl (C=O) groups is 1. The smallest absolute Gasteiger partial charge is 0.416 e. The summed E-state index contributed by atoms with van der Waals surface area (Å²) in [5.41, 5.74) is 0.221. The van der Waals surface area contributed by atoms with Gasteiger partial charge in [0.1, 0.15) is 11.4 Å². The van der Waals surface area contributed by atoms with Crippen LogP contribution in [0.4, 0.5) is 23.9 Å². The van der Waals surface area contributed by atoms with Gasteiger partial charge in [-0.25, -0.2) is 4.79 Å². The van der Waals surface area contributed by atoms with Gasteiger partial charge in [-0.1, -0.05) is 0 Å². The van der Waals surface area contributed by atoms with Crippen molar-refractivity contribution < 1.29 is 32.5 Å². The molecule has 3 aromatic rings. The molecule has 1 N–H and O–H groups in total. The number of fused-ring (bicyclic) bond motifs is 1. The highest BCUT2D eigenvalue weighted by Crippen LogP contribution is 2.38. The van der Waals surface area contributed by atoms with Crippen molar-refractivity contribution in [3.8, 4) is 17.0 Å². The van der Waals surface area contributed by atoms with Crippen molar-refractivity contribution in [2.24, 2.45) is 0 Å². The highest BCUT2D eigenvalue weighted by Gasteiger charge is 2.32. The summed E-state index contributed by atoms with van der Waals surface area (Å²) in [5.74, 6) is 0.326. The highest BCUT2D eigenvalue weighted by molar-refractivity contribution is 5.81. The lowest BCUT2D eigenvalue weighted by atomic mass is 10.1. The summed E-state index contributed by atoms with van der Waals surface area (Å²) >= 11 is 0. The van der Waals surface area contributed by atoms with Gasteiger partial charge in [-0.2, -0.15) is 22.8 Å². The average Bonchev–Trinajstić information content (AvgIpc) is 3.31. The molecule has 0 aliphatic carbocycles. The van der Waals surface area contributed by atoms with Crippen LogP contribution in [0.25, 0.3) is 16.8 Å². The summed E-state index contributed by atoms with van der Waals surface area (Å²) in [6, 6.07) is 4.66. The predicted octanol–water partition coefficient (Wildman–Crippen LogP) is 3.37. The minimum atomic E-state index is -4.54. The quantitative estimate of drug-likeness (QED) is 0.536. The normalized spacial score (nSPS) is 16.6. The molecule has 1 fully saturated rings. The maximum absolute atomic E-state index is 13.2. The second kappa shape index (κ2) is 9.33. The first-order valence-corrected chi connectivity index (χ1v) is 10.4. The summed E-state index contributed by atoms with van der Waals surface area (Å²) in [6.07, 6.45) is -2.52. The molecule has 1 aliphatic rings. The van der Waals surface area contributed by atoms with Crippen molar-refractivity contribution in [3.05, 3.63) is 36.0 Å². The van der Waals surface area contributed by atoms with Crippen molar-refractivity contribution in [1.29, 1.82) is 0 Å². The molecule has 0 bridgehead atoms. The van der Waals surface area contributed by atoms with E-state index < -0.39 is 17.8 Å². The first-order valence-electron chi connectivity index (χ1n) is 10.4. The minimum absolute atomic E-state index is 0.0560. The number of nitrogens with zero attached hydrogens (tertiary/aromatic N) is 6. The third kappa shape index (κ3) is 4.55. The third-order valence-electron chi connectivity index (χ3n) is 5.74. The fourth-order valence-electron chi connectivity index (χ4n) is 3.99. The zero-order valence-electron chi connectivity index (χ0n) is 18.5. The number of benzene rings is 1. The van der Waals surface area contributed by atoms with Crippen molar-refractivity contribution >= 4 is 17.6 Å². The molecule has 182 valence electrons. The average molecular weight is 480 g/mol. The molecule has 1 amide bonds. The zero-order valence-corrected chi connectivity index (χ0v) is 18.5. The number of likely N-dealkylation sites (tertiary alicyclic amines) is 1. The minimum Gasteiger partial charge on any atom is -0.467 e. The predicted molar refractivity (Wildman–Crippen MR) is 115 cm³/mol. The van der Waals surface area contributed by atoms with Gasteiger partial charge in [0.25, 0.3) is 0 Å². The topological polar surface area (TPSA) is 105 Å². The van der Waals surface area contributed by atoms with E-state index in [1.54, 1.807) is 13.1 Å². The van der Waals surface area contributed by atoms with Crippen molar-refractivity contribution in [1.82, 2.24) is 24.7 Å². The molecule has 0 spiro atoms. The van der Waals surface area contributed by atoms with E-state index in [4.69, 9.17) is 9.47 Å². The molecule has 34 heavy (non-hydrogen) atoms. The number of methoxy groups -OCH3 is 1. The van der Waals surface area contributed by atoms with Gasteiger partial charge < -0.3 is 24.4 Å². The Bertz CT molecular complexity index is 1190. The Balaban J connectivity index is 1.73. The van der Waals surface area contributed by atoms with Crippen LogP contribution in [0.1, 0.15) is 18.4 Å². The van der Waals surface area contributed by atoms with Crippen LogP contribution in [0.5, 0.6) is 5.75 Å². The van der Waals surface area contributed by atoms with Crippen LogP contribution in [-0.4, -0.2) is 76.0 Å². The number of hydrogen-bond donors (Lipinski definition) is 1. The van der Waals surface area contributed by atoms with Crippen LogP contribution in [0.15, 0.2) is 30.5 Å². The maximum Gasteiger partial charge on any atom is 0.416 e. The second-order valence-electron chi connectivity index (χ2n) is 7.87. The van der Waals surface area contributed by atoms with Crippen LogP contribution in [-0.2, 0) is 10.9 Å². The Kier molecular flexibility index (Phi) is 6.46. The maximum atomic E-state index is 13.2. The number of amides is 1. The van der Waals surface area contributed by atoms with Crippen LogP contribution in [0.3, 0.4) is 0 Å². The van der Waals surface area contributed by atoms with E-state index in [0.717, 1.165) is 18.6 Å². The molecule has 10 nitrogen and oxygen atoms in total. The Morgan fingerprint density at radius 2 is 2.09 bits per heavy atom. The van der Waals surface area contributed by atoms with Crippen LogP contribution in [0, 0.1) is 0 Å². The highest BCUT2D eigenvalue weighted by atomic mass is 19.4. The summed E-state index contributed by atoms with van der Waals surface area (Å²) in [6.45, 7) is 0.533. The van der Waals surface area contributed by atoms with Gasteiger partial charge in [-0.3, -0.25) is 0 Å². The molecule has 1 unspecified atom stereocenters. The SMILES string of the molecule is COCOc1cc(C(F)(F)F)ccc1-c1nnc(N(C)C2CCCN(C(=O)O)C2)n2nccc12. The molecule has 1 aromatic carbocycles. The number of alkyl halides is 3. The standard InChI is InChI=1S/C21H23F3N6O4/c1-28(14-4-3-9-29(11-14)20(31)32)19-27-26-18(16-7-8-25-30(16)19)15-6-5-13(21(22,23)24)10-17(15)34-12-33-2/h5-8,10,14H,3-4,9,11-12H2,1-2H3,(H,31,32). The molecule has 0 saturated carbocycles. The van der Waals surface area contributed by atoms with Crippen molar-refractivity contribution in [3.63, 3.8) is 0 Å². The third-order valence-corrected chi connectivity index (χ3v) is 5.74. The molecule has 1 saturated heterocycles. The Morgan fingerprint density at radius 1 is 1.29 bits per heavy atom. The summed E-state index contributed by atoms with van der Waals surface area (Å²) in [7, 11) is 3.15. The summed E-state index contributed by atoms with van der Waals surface area (Å²) in [5, 5.41) is 22.2. The molecule has 1 atom stereocenters. The molecular formula is C21H23F3N6O4. The van der Waals surface area contributed by atoms with E-state index in [0.29, 0.717) is 36.5 Å². The Morgan fingerprint density at radius 3 is 2.79 bits per heavy atom. The number of rotatable bonds is 6. The Hall–Kier alpha value is -3.61. The van der Waals surface area contributed by atoms with Gasteiger partial charge in [-0.05, 0) is 37.1 Å². The number of halogens is 3. The van der Waals surface area contributed by atoms with E-state index in [9.17, 15) is 23.1 Å². The van der Waals surface area contributed by atoms with Gasteiger partial charge in [0.15, 0.2) is 6.79 Å². The monoisotopic (exact) mass is 480 g/mol. The molecular weight excluding hydrogens is 457 g/mol. The van der Waals surface area contributed by atoms with Crippen molar-refractivity contribution in [2.45, 2.75) is 25.1 Å². The number of carboxylic acid groups (broad SMARTS) is 1.